The van der Waals surface area contributed by atoms with Crippen molar-refractivity contribution in [3.63, 3.8) is 0 Å². The first kappa shape index (κ1) is 26.3. The largest absolute Gasteiger partial charge is 0.489 e. The van der Waals surface area contributed by atoms with Gasteiger partial charge in [0.2, 0.25) is 0 Å². The number of unbranched alkanes of at least 4 members (excludes halogenated alkanes) is 10. The van der Waals surface area contributed by atoms with Gasteiger partial charge >= 0.3 is 0 Å². The Bertz CT molecular complexity index is 1280. The molecule has 0 fully saturated rings. The number of ether oxygens (including phenoxy) is 2. The molecule has 5 aromatic rings. The molecule has 1 aromatic carbocycles. The Morgan fingerprint density at radius 1 is 0.528 bits per heavy atom. The fourth-order valence-electron chi connectivity index (χ4n) is 5.00. The summed E-state index contributed by atoms with van der Waals surface area (Å²) >= 11 is 7.52. The van der Waals surface area contributed by atoms with E-state index in [0.717, 1.165) is 37.6 Å². The van der Waals surface area contributed by atoms with Gasteiger partial charge in [-0.2, -0.15) is 0 Å². The molecular formula is C30H38O2S4. The van der Waals surface area contributed by atoms with E-state index in [1.54, 1.807) is 0 Å². The van der Waals surface area contributed by atoms with Gasteiger partial charge in [-0.05, 0) is 35.7 Å². The van der Waals surface area contributed by atoms with Crippen LogP contribution in [0.1, 0.15) is 90.9 Å². The van der Waals surface area contributed by atoms with E-state index < -0.39 is 0 Å². The maximum Gasteiger partial charge on any atom is 0.172 e. The lowest BCUT2D eigenvalue weighted by Gasteiger charge is -2.16. The fourth-order valence-corrected chi connectivity index (χ4v) is 9.85. The summed E-state index contributed by atoms with van der Waals surface area (Å²) in [5.41, 5.74) is 0. The standard InChI is InChI=1S/C30H38O2S4/c1-3-5-7-9-11-13-17-31-25-23-27-21(15-19-33-27)35-29(23)30-24(28-22(36-30)16-20-34-28)26(25)32-18-14-12-10-8-6-4-2/h15-16,19-20H,3-14,17-18H2,1-2H3. The zero-order valence-corrected chi connectivity index (χ0v) is 24.9. The van der Waals surface area contributed by atoms with Crippen molar-refractivity contribution >= 4 is 84.3 Å². The summed E-state index contributed by atoms with van der Waals surface area (Å²) in [5.74, 6) is 2.00. The van der Waals surface area contributed by atoms with E-state index in [4.69, 9.17) is 9.47 Å². The topological polar surface area (TPSA) is 18.5 Å². The molecule has 2 nitrogen and oxygen atoms in total. The molecule has 0 radical (unpaired) electrons. The van der Waals surface area contributed by atoms with Crippen LogP contribution in [0.25, 0.3) is 39.0 Å². The molecule has 0 unspecified atom stereocenters. The number of rotatable bonds is 16. The first-order valence-electron chi connectivity index (χ1n) is 13.8. The van der Waals surface area contributed by atoms with Crippen LogP contribution in [0.2, 0.25) is 0 Å². The highest BCUT2D eigenvalue weighted by Crippen LogP contribution is 2.56. The molecule has 0 spiro atoms. The lowest BCUT2D eigenvalue weighted by atomic mass is 10.1. The third kappa shape index (κ3) is 5.57. The van der Waals surface area contributed by atoms with Crippen LogP contribution in [-0.4, -0.2) is 13.2 Å². The highest BCUT2D eigenvalue weighted by Gasteiger charge is 2.25. The quantitative estimate of drug-likeness (QED) is 0.112. The SMILES string of the molecule is CCCCCCCCOc1c(OCCCCCCCC)c2c3sccc3sc2c2sc3ccsc3c12. The van der Waals surface area contributed by atoms with Gasteiger partial charge in [0.25, 0.3) is 0 Å². The average molecular weight is 559 g/mol. The first-order chi connectivity index (χ1) is 17.8. The third-order valence-electron chi connectivity index (χ3n) is 6.95. The molecule has 5 rings (SSSR count). The summed E-state index contributed by atoms with van der Waals surface area (Å²) in [7, 11) is 0. The molecule has 4 heterocycles. The third-order valence-corrected chi connectivity index (χ3v) is 11.5. The molecule has 0 aliphatic heterocycles. The predicted octanol–water partition coefficient (Wildman–Crippen LogP) is 12.0. The molecule has 36 heavy (non-hydrogen) atoms. The second-order valence-electron chi connectivity index (χ2n) is 9.73. The second-order valence-corrected chi connectivity index (χ2v) is 13.7. The van der Waals surface area contributed by atoms with Gasteiger partial charge in [-0.1, -0.05) is 78.1 Å². The fraction of sp³-hybridized carbons (Fsp3) is 0.533. The number of fused-ring (bicyclic) bond motifs is 7. The van der Waals surface area contributed by atoms with Gasteiger partial charge in [0.1, 0.15) is 0 Å². The minimum atomic E-state index is 0.764. The van der Waals surface area contributed by atoms with E-state index in [2.05, 4.69) is 36.7 Å². The average Bonchev–Trinajstić information content (AvgIpc) is 3.64. The van der Waals surface area contributed by atoms with E-state index in [1.807, 2.05) is 45.3 Å². The summed E-state index contributed by atoms with van der Waals surface area (Å²) in [6.07, 6.45) is 15.3. The van der Waals surface area contributed by atoms with Crippen molar-refractivity contribution in [2.45, 2.75) is 90.9 Å². The number of thiophene rings is 4. The molecule has 0 bridgehead atoms. The van der Waals surface area contributed by atoms with Gasteiger partial charge in [-0.15, -0.1) is 45.3 Å². The Hall–Kier alpha value is -1.34. The summed E-state index contributed by atoms with van der Waals surface area (Å²) in [6, 6.07) is 4.53. The van der Waals surface area contributed by atoms with Gasteiger partial charge in [0, 0.05) is 9.40 Å². The van der Waals surface area contributed by atoms with Gasteiger partial charge in [-0.3, -0.25) is 0 Å². The lowest BCUT2D eigenvalue weighted by Crippen LogP contribution is -2.03. The monoisotopic (exact) mass is 558 g/mol. The first-order valence-corrected chi connectivity index (χ1v) is 17.2. The highest BCUT2D eigenvalue weighted by molar-refractivity contribution is 7.38. The number of hydrogen-bond donors (Lipinski definition) is 0. The smallest absolute Gasteiger partial charge is 0.172 e. The molecule has 194 valence electrons. The van der Waals surface area contributed by atoms with Crippen LogP contribution in [0.15, 0.2) is 22.9 Å². The molecule has 6 heteroatoms. The summed E-state index contributed by atoms with van der Waals surface area (Å²) < 4.78 is 21.6. The maximum absolute atomic E-state index is 6.70. The molecule has 0 saturated carbocycles. The molecule has 0 atom stereocenters. The van der Waals surface area contributed by atoms with Crippen LogP contribution in [0.4, 0.5) is 0 Å². The van der Waals surface area contributed by atoms with Crippen LogP contribution < -0.4 is 9.47 Å². The van der Waals surface area contributed by atoms with Crippen LogP contribution in [0.3, 0.4) is 0 Å². The Labute approximate surface area is 231 Å². The lowest BCUT2D eigenvalue weighted by molar-refractivity contribution is 0.264. The van der Waals surface area contributed by atoms with Crippen molar-refractivity contribution in [3.8, 4) is 11.5 Å². The van der Waals surface area contributed by atoms with Gasteiger partial charge < -0.3 is 9.47 Å². The summed E-state index contributed by atoms with van der Waals surface area (Å²) in [4.78, 5) is 0. The van der Waals surface area contributed by atoms with Crippen molar-refractivity contribution < 1.29 is 9.47 Å². The summed E-state index contributed by atoms with van der Waals surface area (Å²) in [5, 5.41) is 7.00. The molecular weight excluding hydrogens is 521 g/mol. The Morgan fingerprint density at radius 3 is 1.39 bits per heavy atom. The van der Waals surface area contributed by atoms with Gasteiger partial charge in [0.15, 0.2) is 11.5 Å². The van der Waals surface area contributed by atoms with Crippen LogP contribution in [0, 0.1) is 0 Å². The summed E-state index contributed by atoms with van der Waals surface area (Å²) in [6.45, 7) is 6.08. The van der Waals surface area contributed by atoms with Gasteiger partial charge in [-0.25, -0.2) is 0 Å². The van der Waals surface area contributed by atoms with Crippen molar-refractivity contribution in [2.24, 2.45) is 0 Å². The molecule has 4 aromatic heterocycles. The van der Waals surface area contributed by atoms with E-state index in [9.17, 15) is 0 Å². The van der Waals surface area contributed by atoms with Crippen molar-refractivity contribution in [1.82, 2.24) is 0 Å². The highest BCUT2D eigenvalue weighted by atomic mass is 32.1. The predicted molar refractivity (Wildman–Crippen MR) is 166 cm³/mol. The maximum atomic E-state index is 6.70. The number of benzene rings is 1. The van der Waals surface area contributed by atoms with Crippen LogP contribution >= 0.6 is 45.3 Å². The zero-order chi connectivity index (χ0) is 24.7. The van der Waals surface area contributed by atoms with Gasteiger partial charge in [0.05, 0.1) is 42.8 Å². The van der Waals surface area contributed by atoms with Crippen molar-refractivity contribution in [1.29, 1.82) is 0 Å². The van der Waals surface area contributed by atoms with E-state index in [0.29, 0.717) is 0 Å². The minimum Gasteiger partial charge on any atom is -0.489 e. The normalized spacial score (nSPS) is 12.1. The van der Waals surface area contributed by atoms with Crippen LogP contribution in [-0.2, 0) is 0 Å². The van der Waals surface area contributed by atoms with E-state index in [-0.39, 0.29) is 0 Å². The van der Waals surface area contributed by atoms with Crippen LogP contribution in [0.5, 0.6) is 11.5 Å². The van der Waals surface area contributed by atoms with E-state index in [1.165, 1.54) is 103 Å². The van der Waals surface area contributed by atoms with Crippen molar-refractivity contribution in [3.05, 3.63) is 22.9 Å². The molecule has 0 N–H and O–H groups in total. The molecule has 0 aliphatic carbocycles. The zero-order valence-electron chi connectivity index (χ0n) is 21.7. The van der Waals surface area contributed by atoms with Crippen molar-refractivity contribution in [2.75, 3.05) is 13.2 Å². The Kier molecular flexibility index (Phi) is 9.45. The number of hydrogen-bond acceptors (Lipinski definition) is 6. The molecule has 0 amide bonds. The Balaban J connectivity index is 1.47. The molecule has 0 aliphatic rings. The van der Waals surface area contributed by atoms with E-state index >= 15 is 0 Å². The Morgan fingerprint density at radius 2 is 0.944 bits per heavy atom. The second kappa shape index (κ2) is 12.9. The minimum absolute atomic E-state index is 0.764. The molecule has 0 saturated heterocycles.